The van der Waals surface area contributed by atoms with Crippen LogP contribution in [0.25, 0.3) is 0 Å². The Morgan fingerprint density at radius 2 is 2.21 bits per heavy atom. The fourth-order valence-electron chi connectivity index (χ4n) is 1.11. The number of imidazole rings is 1. The Bertz CT molecular complexity index is 295. The van der Waals surface area contributed by atoms with E-state index in [0.717, 1.165) is 0 Å². The summed E-state index contributed by atoms with van der Waals surface area (Å²) in [7, 11) is 0. The van der Waals surface area contributed by atoms with Gasteiger partial charge in [-0.15, -0.1) is 0 Å². The smallest absolute Gasteiger partial charge is 0.383 e. The van der Waals surface area contributed by atoms with E-state index in [-0.39, 0.29) is 5.82 Å². The lowest BCUT2D eigenvalue weighted by Gasteiger charge is -2.14. The summed E-state index contributed by atoms with van der Waals surface area (Å²) in [6.45, 7) is 2.34. The molecule has 0 aliphatic heterocycles. The standard InChI is InChI=1S/C8H11F3N2O/c1-2-13-4-3-12-7(13)5-6(14)8(9,10)11/h3-4,6,14H,2,5H2,1H3/t6-/m0/s1. The van der Waals surface area contributed by atoms with Crippen molar-refractivity contribution in [3.8, 4) is 0 Å². The molecule has 0 amide bonds. The summed E-state index contributed by atoms with van der Waals surface area (Å²) in [5, 5.41) is 8.80. The molecule has 0 aliphatic rings. The van der Waals surface area contributed by atoms with Crippen LogP contribution >= 0.6 is 0 Å². The minimum atomic E-state index is -4.58. The van der Waals surface area contributed by atoms with Crippen molar-refractivity contribution in [1.82, 2.24) is 9.55 Å². The molecule has 0 saturated carbocycles. The highest BCUT2D eigenvalue weighted by atomic mass is 19.4. The number of hydrogen-bond acceptors (Lipinski definition) is 2. The maximum absolute atomic E-state index is 12.0. The van der Waals surface area contributed by atoms with Crippen LogP contribution in [0.3, 0.4) is 0 Å². The average Bonchev–Trinajstić information content (AvgIpc) is 2.50. The first-order valence-electron chi connectivity index (χ1n) is 4.20. The van der Waals surface area contributed by atoms with Gasteiger partial charge in [0.15, 0.2) is 6.10 Å². The van der Waals surface area contributed by atoms with Crippen molar-refractivity contribution >= 4 is 0 Å². The van der Waals surface area contributed by atoms with Crippen molar-refractivity contribution in [3.63, 3.8) is 0 Å². The van der Waals surface area contributed by atoms with Crippen molar-refractivity contribution in [3.05, 3.63) is 18.2 Å². The second-order valence-corrected chi connectivity index (χ2v) is 2.89. The molecule has 0 saturated heterocycles. The first-order valence-corrected chi connectivity index (χ1v) is 4.20. The van der Waals surface area contributed by atoms with Gasteiger partial charge in [-0.25, -0.2) is 4.98 Å². The van der Waals surface area contributed by atoms with Gasteiger partial charge >= 0.3 is 6.18 Å². The minimum absolute atomic E-state index is 0.248. The molecule has 1 heterocycles. The van der Waals surface area contributed by atoms with Crippen LogP contribution in [0.15, 0.2) is 12.4 Å². The largest absolute Gasteiger partial charge is 0.414 e. The Morgan fingerprint density at radius 1 is 1.57 bits per heavy atom. The molecule has 0 bridgehead atoms. The highest BCUT2D eigenvalue weighted by molar-refractivity contribution is 4.95. The first kappa shape index (κ1) is 11.0. The van der Waals surface area contributed by atoms with Crippen molar-refractivity contribution < 1.29 is 18.3 Å². The summed E-state index contributed by atoms with van der Waals surface area (Å²) in [5.41, 5.74) is 0. The van der Waals surface area contributed by atoms with Crippen LogP contribution in [0.1, 0.15) is 12.7 Å². The van der Waals surface area contributed by atoms with Crippen molar-refractivity contribution in [1.29, 1.82) is 0 Å². The molecular weight excluding hydrogens is 197 g/mol. The van der Waals surface area contributed by atoms with Crippen LogP contribution < -0.4 is 0 Å². The van der Waals surface area contributed by atoms with Crippen LogP contribution in [0, 0.1) is 0 Å². The van der Waals surface area contributed by atoms with E-state index in [1.165, 1.54) is 6.20 Å². The molecule has 3 nitrogen and oxygen atoms in total. The molecule has 0 aliphatic carbocycles. The van der Waals surface area contributed by atoms with Crippen molar-refractivity contribution in [2.75, 3.05) is 0 Å². The van der Waals surface area contributed by atoms with Gasteiger partial charge in [0, 0.05) is 25.4 Å². The van der Waals surface area contributed by atoms with Gasteiger partial charge in [0.05, 0.1) is 0 Å². The highest BCUT2D eigenvalue weighted by Crippen LogP contribution is 2.22. The predicted octanol–water partition coefficient (Wildman–Crippen LogP) is 1.37. The molecule has 80 valence electrons. The van der Waals surface area contributed by atoms with Crippen LogP contribution in [0.5, 0.6) is 0 Å². The lowest BCUT2D eigenvalue weighted by atomic mass is 10.2. The molecule has 14 heavy (non-hydrogen) atoms. The van der Waals surface area contributed by atoms with E-state index in [1.54, 1.807) is 17.7 Å². The normalized spacial score (nSPS) is 14.4. The zero-order valence-electron chi connectivity index (χ0n) is 7.62. The Kier molecular flexibility index (Phi) is 3.15. The van der Waals surface area contributed by atoms with Crippen LogP contribution in [0.4, 0.5) is 13.2 Å². The second-order valence-electron chi connectivity index (χ2n) is 2.89. The van der Waals surface area contributed by atoms with E-state index in [4.69, 9.17) is 5.11 Å². The lowest BCUT2D eigenvalue weighted by molar-refractivity contribution is -0.203. The summed E-state index contributed by atoms with van der Waals surface area (Å²) < 4.78 is 37.5. The number of aryl methyl sites for hydroxylation is 1. The van der Waals surface area contributed by atoms with Crippen LogP contribution in [-0.2, 0) is 13.0 Å². The maximum atomic E-state index is 12.0. The number of hydrogen-bond donors (Lipinski definition) is 1. The summed E-state index contributed by atoms with van der Waals surface area (Å²) in [6.07, 6.45) is -4.41. The number of nitrogens with zero attached hydrogens (tertiary/aromatic N) is 2. The summed E-state index contributed by atoms with van der Waals surface area (Å²) in [6, 6.07) is 0. The van der Waals surface area contributed by atoms with E-state index in [1.807, 2.05) is 0 Å². The van der Waals surface area contributed by atoms with Gasteiger partial charge in [-0.3, -0.25) is 0 Å². The van der Waals surface area contributed by atoms with E-state index in [9.17, 15) is 13.2 Å². The minimum Gasteiger partial charge on any atom is -0.383 e. The third kappa shape index (κ3) is 2.47. The van der Waals surface area contributed by atoms with Gasteiger partial charge in [-0.05, 0) is 6.92 Å². The molecule has 1 aromatic heterocycles. The van der Waals surface area contributed by atoms with E-state index in [2.05, 4.69) is 4.98 Å². The number of aliphatic hydroxyl groups excluding tert-OH is 1. The maximum Gasteiger partial charge on any atom is 0.414 e. The molecule has 1 N–H and O–H groups in total. The summed E-state index contributed by atoms with van der Waals surface area (Å²) in [4.78, 5) is 3.74. The summed E-state index contributed by atoms with van der Waals surface area (Å²) in [5.74, 6) is 0.248. The van der Waals surface area contributed by atoms with Crippen LogP contribution in [-0.4, -0.2) is 26.9 Å². The highest BCUT2D eigenvalue weighted by Gasteiger charge is 2.38. The van der Waals surface area contributed by atoms with E-state index >= 15 is 0 Å². The number of alkyl halides is 3. The van der Waals surface area contributed by atoms with Gasteiger partial charge < -0.3 is 9.67 Å². The first-order chi connectivity index (χ1) is 6.45. The van der Waals surface area contributed by atoms with E-state index in [0.29, 0.717) is 6.54 Å². The molecule has 0 unspecified atom stereocenters. The molecule has 1 atom stereocenters. The molecule has 0 aromatic carbocycles. The molecule has 0 radical (unpaired) electrons. The Hall–Kier alpha value is -1.04. The fraction of sp³-hybridized carbons (Fsp3) is 0.625. The Balaban J connectivity index is 2.69. The third-order valence-corrected chi connectivity index (χ3v) is 1.90. The van der Waals surface area contributed by atoms with Gasteiger partial charge in [-0.1, -0.05) is 0 Å². The Morgan fingerprint density at radius 3 is 2.71 bits per heavy atom. The molecule has 0 spiro atoms. The number of halogens is 3. The molecule has 1 aromatic rings. The SMILES string of the molecule is CCn1ccnc1C[C@H](O)C(F)(F)F. The van der Waals surface area contributed by atoms with Gasteiger partial charge in [0.25, 0.3) is 0 Å². The van der Waals surface area contributed by atoms with Crippen molar-refractivity contribution in [2.24, 2.45) is 0 Å². The molecular formula is C8H11F3N2O. The quantitative estimate of drug-likeness (QED) is 0.814. The zero-order valence-corrected chi connectivity index (χ0v) is 7.62. The third-order valence-electron chi connectivity index (χ3n) is 1.90. The Labute approximate surface area is 79.2 Å². The van der Waals surface area contributed by atoms with Gasteiger partial charge in [0.2, 0.25) is 0 Å². The lowest BCUT2D eigenvalue weighted by Crippen LogP contribution is -2.31. The van der Waals surface area contributed by atoms with Crippen molar-refractivity contribution in [2.45, 2.75) is 32.2 Å². The average molecular weight is 208 g/mol. The fourth-order valence-corrected chi connectivity index (χ4v) is 1.11. The number of rotatable bonds is 3. The van der Waals surface area contributed by atoms with E-state index < -0.39 is 18.7 Å². The van der Waals surface area contributed by atoms with Crippen LogP contribution in [0.2, 0.25) is 0 Å². The molecule has 6 heteroatoms. The number of aliphatic hydroxyl groups is 1. The number of aromatic nitrogens is 2. The zero-order chi connectivity index (χ0) is 10.8. The predicted molar refractivity (Wildman–Crippen MR) is 43.7 cm³/mol. The molecule has 0 fully saturated rings. The van der Waals surface area contributed by atoms with Gasteiger partial charge in [-0.2, -0.15) is 13.2 Å². The monoisotopic (exact) mass is 208 g/mol. The molecule has 1 rings (SSSR count). The summed E-state index contributed by atoms with van der Waals surface area (Å²) >= 11 is 0. The topological polar surface area (TPSA) is 38.0 Å². The second kappa shape index (κ2) is 4.00. The van der Waals surface area contributed by atoms with Gasteiger partial charge in [0.1, 0.15) is 5.82 Å².